The van der Waals surface area contributed by atoms with Crippen LogP contribution in [0.2, 0.25) is 0 Å². The number of aromatic hydroxyl groups is 2. The number of carbonyl (C=O) groups excluding carboxylic acids is 3. The van der Waals surface area contributed by atoms with E-state index in [-0.39, 0.29) is 56.9 Å². The number of amides is 2. The molecule has 0 spiro atoms. The van der Waals surface area contributed by atoms with Gasteiger partial charge < -0.3 is 44.5 Å². The Morgan fingerprint density at radius 1 is 0.732 bits per heavy atom. The summed E-state index contributed by atoms with van der Waals surface area (Å²) in [6, 6.07) is 22.6. The van der Waals surface area contributed by atoms with Crippen molar-refractivity contribution in [2.24, 2.45) is 9.98 Å². The van der Waals surface area contributed by atoms with Crippen molar-refractivity contribution < 1.29 is 64.8 Å². The van der Waals surface area contributed by atoms with Crippen molar-refractivity contribution in [1.82, 2.24) is 10.6 Å². The minimum absolute atomic E-state index is 0. The smallest absolute Gasteiger partial charge is 0.474 e. The number of ether oxygens (including phenoxy) is 1. The molecule has 4 aromatic carbocycles. The van der Waals surface area contributed by atoms with Gasteiger partial charge in [0.25, 0.3) is 0 Å². The van der Waals surface area contributed by atoms with Gasteiger partial charge in [-0.2, -0.15) is 4.58 Å². The Labute approximate surface area is 440 Å². The number of para-hydroxylation sites is 1. The maximum Gasteiger partial charge on any atom is 0.474 e. The molecule has 17 heteroatoms. The molecule has 5 rings (SSSR count). The number of aliphatic imine (C=N–C) groups is 2. The number of halogens is 2. The monoisotopic (exact) mass is 1060 g/mol. The molecule has 71 heavy (non-hydrogen) atoms. The van der Waals surface area contributed by atoms with Crippen molar-refractivity contribution in [1.29, 1.82) is 0 Å². The molecular weight excluding hydrogens is 988 g/mol. The number of phenols is 2. The molecule has 0 fully saturated rings. The minimum Gasteiger partial charge on any atom is -0.545 e. The SMILES string of the molecule is CCC(C)(C)[N+]1=Cc2cc(C[N+](CC)(CC)CCCNC(C)=O)ccc2OC1(Cl)Cl.CC[N+](CC)(CCCNC(C)=O)Cc1ccc(O)c(C=Nc2ccc(C(=O)[O-])cc2N=Cc2ccccc2O)c1.[Co]. The quantitative estimate of drug-likeness (QED) is 0.0144. The van der Waals surface area contributed by atoms with Gasteiger partial charge in [0.2, 0.25) is 11.8 Å². The maximum absolute atomic E-state index is 11.4. The number of nitrogens with zero attached hydrogens (tertiary/aromatic N) is 5. The number of phenolic OH excluding ortho intramolecular Hbond substituents is 2. The third-order valence-electron chi connectivity index (χ3n) is 13.4. The van der Waals surface area contributed by atoms with Gasteiger partial charge in [0.05, 0.1) is 62.2 Å². The van der Waals surface area contributed by atoms with Crippen LogP contribution in [0.5, 0.6) is 17.2 Å². The van der Waals surface area contributed by atoms with Crippen molar-refractivity contribution in [3.63, 3.8) is 0 Å². The number of aromatic carboxylic acids is 1. The van der Waals surface area contributed by atoms with Crippen LogP contribution in [-0.2, 0) is 39.5 Å². The molecule has 2 amide bonds. The second kappa shape index (κ2) is 27.5. The van der Waals surface area contributed by atoms with Gasteiger partial charge in [0.1, 0.15) is 30.3 Å². The Morgan fingerprint density at radius 2 is 1.25 bits per heavy atom. The van der Waals surface area contributed by atoms with Gasteiger partial charge in [-0.15, -0.1) is 0 Å². The van der Waals surface area contributed by atoms with Gasteiger partial charge in [-0.25, -0.2) is 0 Å². The van der Waals surface area contributed by atoms with Gasteiger partial charge in [-0.05, 0) is 93.9 Å². The number of carbonyl (C=O) groups is 3. The predicted molar refractivity (Wildman–Crippen MR) is 279 cm³/mol. The summed E-state index contributed by atoms with van der Waals surface area (Å²) in [6.07, 6.45) is 7.67. The molecule has 1 aliphatic heterocycles. The number of hydrogen-bond acceptors (Lipinski definition) is 9. The largest absolute Gasteiger partial charge is 0.545 e. The first kappa shape index (κ1) is 60.0. The Morgan fingerprint density at radius 3 is 1.79 bits per heavy atom. The number of quaternary nitrogens is 2. The van der Waals surface area contributed by atoms with Crippen molar-refractivity contribution in [3.8, 4) is 17.2 Å². The fraction of sp³-hybridized carbons (Fsp3) is 0.444. The third kappa shape index (κ3) is 17.5. The number of carboxylic acids is 1. The number of fused-ring (bicyclic) bond motifs is 1. The molecule has 0 saturated heterocycles. The first-order chi connectivity index (χ1) is 33.1. The Hall–Kier alpha value is -5.29. The molecule has 387 valence electrons. The van der Waals surface area contributed by atoms with Crippen molar-refractivity contribution in [2.45, 2.75) is 105 Å². The molecule has 0 atom stereocenters. The van der Waals surface area contributed by atoms with E-state index < -0.39 is 10.6 Å². The summed E-state index contributed by atoms with van der Waals surface area (Å²) in [7, 11) is 0. The average Bonchev–Trinajstić information content (AvgIpc) is 3.33. The molecule has 0 bridgehead atoms. The number of alkyl halides is 2. The predicted octanol–water partition coefficient (Wildman–Crippen LogP) is 8.51. The van der Waals surface area contributed by atoms with Gasteiger partial charge in [-0.3, -0.25) is 19.6 Å². The summed E-state index contributed by atoms with van der Waals surface area (Å²) in [5, 5.41) is 37.8. The number of carboxylic acid groups (broad SMARTS) is 1. The summed E-state index contributed by atoms with van der Waals surface area (Å²) in [4.78, 5) is 42.7. The van der Waals surface area contributed by atoms with Crippen LogP contribution in [0.4, 0.5) is 11.4 Å². The van der Waals surface area contributed by atoms with E-state index in [1.54, 1.807) is 31.2 Å². The van der Waals surface area contributed by atoms with Gasteiger partial charge in [0, 0.05) is 135 Å². The van der Waals surface area contributed by atoms with E-state index in [1.165, 1.54) is 49.2 Å². The first-order valence-electron chi connectivity index (χ1n) is 24.2. The van der Waals surface area contributed by atoms with Crippen LogP contribution >= 0.6 is 23.2 Å². The molecule has 0 aromatic heterocycles. The van der Waals surface area contributed by atoms with Crippen LogP contribution in [0.3, 0.4) is 0 Å². The molecule has 4 aromatic rings. The number of hydrogen-bond donors (Lipinski definition) is 4. The zero-order valence-corrected chi connectivity index (χ0v) is 45.2. The van der Waals surface area contributed by atoms with Crippen molar-refractivity contribution >= 4 is 71.0 Å². The van der Waals surface area contributed by atoms with E-state index in [0.717, 1.165) is 98.3 Å². The molecule has 0 unspecified atom stereocenters. The topological polar surface area (TPSA) is 176 Å². The molecule has 4 N–H and O–H groups in total. The Bertz CT molecular complexity index is 2520. The fourth-order valence-electron chi connectivity index (χ4n) is 8.34. The molecule has 0 aliphatic carbocycles. The van der Waals surface area contributed by atoms with Crippen LogP contribution in [0.25, 0.3) is 0 Å². The molecule has 0 saturated carbocycles. The van der Waals surface area contributed by atoms with Gasteiger partial charge >= 0.3 is 4.64 Å². The molecule has 14 nitrogen and oxygen atoms in total. The van der Waals surface area contributed by atoms with E-state index in [4.69, 9.17) is 27.9 Å². The van der Waals surface area contributed by atoms with E-state index >= 15 is 0 Å². The zero-order valence-electron chi connectivity index (χ0n) is 42.7. The standard InChI is InChI=1S/C31H36N4O5.C23H36Cl2N3O2.Co/c1-4-35(5-2,16-8-15-32-22(3)36)21-23-11-14-30(38)26(17-23)20-33-27-13-12-24(31(39)40)18-28(27)34-19-25-9-6-7-10-29(25)37;1-7-22(5,6)27-16-20-15-19(11-12-21(20)30-23(27,24)25)17-28(8-2,9-3)14-10-13-26-18(4)29;/h6-7,9-14,17-20H,4-5,8,15-16,21H2,1-3H3,(H3-,32,33,34,36,37,38,39,40);11-12,15-16H,7-10,13-14,17H2,1-6H3;/q;+1;/p+1. The normalized spacial score (nSPS) is 13.3. The first-order valence-corrected chi connectivity index (χ1v) is 25.0. The van der Waals surface area contributed by atoms with E-state index in [9.17, 15) is 29.7 Å². The summed E-state index contributed by atoms with van der Waals surface area (Å²) in [6.45, 7) is 27.0. The van der Waals surface area contributed by atoms with E-state index in [0.29, 0.717) is 29.1 Å². The zero-order chi connectivity index (χ0) is 51.7. The van der Waals surface area contributed by atoms with Crippen LogP contribution in [0.15, 0.2) is 88.8 Å². The number of benzene rings is 4. The summed E-state index contributed by atoms with van der Waals surface area (Å²) < 4.78 is 8.21. The average molecular weight is 1060 g/mol. The Balaban J connectivity index is 0.000000385. The summed E-state index contributed by atoms with van der Waals surface area (Å²) in [5.41, 5.74) is 4.61. The second-order valence-electron chi connectivity index (χ2n) is 18.5. The maximum atomic E-state index is 11.4. The molecule has 1 aliphatic rings. The minimum atomic E-state index is -1.43. The van der Waals surface area contributed by atoms with Crippen molar-refractivity contribution in [3.05, 3.63) is 112 Å². The summed E-state index contributed by atoms with van der Waals surface area (Å²) in [5.74, 6) is -0.544. The molecular formula is C54H73Cl2CoN7O7+2. The van der Waals surface area contributed by atoms with Crippen LogP contribution in [0.1, 0.15) is 120 Å². The third-order valence-corrected chi connectivity index (χ3v) is 13.9. The summed E-state index contributed by atoms with van der Waals surface area (Å²) >= 11 is 13.0. The van der Waals surface area contributed by atoms with Crippen molar-refractivity contribution in [2.75, 3.05) is 52.4 Å². The molecule has 1 radical (unpaired) electrons. The molecule has 1 heterocycles. The number of nitrogens with one attached hydrogen (secondary N) is 2. The Kier molecular flexibility index (Phi) is 23.3. The van der Waals surface area contributed by atoms with Crippen LogP contribution < -0.4 is 20.5 Å². The van der Waals surface area contributed by atoms with E-state index in [1.807, 2.05) is 29.0 Å². The van der Waals surface area contributed by atoms with Gasteiger partial charge in [0.15, 0.2) is 11.8 Å². The van der Waals surface area contributed by atoms with Crippen LogP contribution in [-0.4, -0.2) is 123 Å². The fourth-order valence-corrected chi connectivity index (χ4v) is 9.07. The van der Waals surface area contributed by atoms with Gasteiger partial charge in [-0.1, -0.05) is 25.1 Å². The second-order valence-corrected chi connectivity index (χ2v) is 19.7. The van der Waals surface area contributed by atoms with Crippen LogP contribution in [0, 0.1) is 0 Å². The van der Waals surface area contributed by atoms with E-state index in [2.05, 4.69) is 81.2 Å². The number of rotatable bonds is 23.